The molecular formula is C22H16FN5O2. The Morgan fingerprint density at radius 2 is 1.90 bits per heavy atom. The van der Waals surface area contributed by atoms with Crippen LogP contribution in [0.3, 0.4) is 0 Å². The summed E-state index contributed by atoms with van der Waals surface area (Å²) in [6, 6.07) is 14.4. The van der Waals surface area contributed by atoms with Crippen LogP contribution in [0.25, 0.3) is 22.0 Å². The first-order valence-electron chi connectivity index (χ1n) is 9.08. The topological polar surface area (TPSA) is 92.7 Å². The first-order chi connectivity index (χ1) is 14.6. The predicted molar refractivity (Wildman–Crippen MR) is 110 cm³/mol. The first kappa shape index (κ1) is 19.1. The lowest BCUT2D eigenvalue weighted by Crippen LogP contribution is -2.28. The van der Waals surface area contributed by atoms with Crippen molar-refractivity contribution in [3.05, 3.63) is 82.2 Å². The van der Waals surface area contributed by atoms with Crippen molar-refractivity contribution < 1.29 is 9.18 Å². The number of hydrogen-bond acceptors (Lipinski definition) is 4. The zero-order valence-corrected chi connectivity index (χ0v) is 15.7. The maximum atomic E-state index is 13.1. The number of hydrogen-bond donors (Lipinski definition) is 2. The van der Waals surface area contributed by atoms with Gasteiger partial charge in [-0.2, -0.15) is 10.2 Å². The van der Waals surface area contributed by atoms with E-state index in [2.05, 4.69) is 26.5 Å². The molecule has 148 valence electrons. The van der Waals surface area contributed by atoms with Crippen LogP contribution in [0.1, 0.15) is 16.2 Å². The number of benzene rings is 2. The number of amides is 1. The monoisotopic (exact) mass is 401 g/mol. The van der Waals surface area contributed by atoms with Gasteiger partial charge in [0.2, 0.25) is 0 Å². The second-order valence-corrected chi connectivity index (χ2v) is 6.52. The second kappa shape index (κ2) is 8.01. The fourth-order valence-corrected chi connectivity index (χ4v) is 3.10. The van der Waals surface area contributed by atoms with E-state index in [9.17, 15) is 14.0 Å². The summed E-state index contributed by atoms with van der Waals surface area (Å²) in [5.74, 6) is 1.66. The Bertz CT molecular complexity index is 1330. The summed E-state index contributed by atoms with van der Waals surface area (Å²) in [7, 11) is 0. The molecule has 2 N–H and O–H groups in total. The molecular weight excluding hydrogens is 385 g/mol. The number of nitrogens with one attached hydrogen (secondary N) is 2. The lowest BCUT2D eigenvalue weighted by atomic mass is 10.1. The predicted octanol–water partition coefficient (Wildman–Crippen LogP) is 2.49. The minimum atomic E-state index is -0.392. The van der Waals surface area contributed by atoms with Gasteiger partial charge in [-0.25, -0.2) is 9.07 Å². The average Bonchev–Trinajstić information content (AvgIpc) is 3.26. The van der Waals surface area contributed by atoms with Crippen LogP contribution < -0.4 is 10.9 Å². The summed E-state index contributed by atoms with van der Waals surface area (Å²) in [6.45, 7) is 0.126. The molecule has 7 nitrogen and oxygen atoms in total. The van der Waals surface area contributed by atoms with Crippen LogP contribution in [0.15, 0.2) is 59.4 Å². The van der Waals surface area contributed by atoms with E-state index >= 15 is 0 Å². The Balaban J connectivity index is 1.57. The molecule has 4 rings (SSSR count). The van der Waals surface area contributed by atoms with Crippen molar-refractivity contribution >= 4 is 16.7 Å². The van der Waals surface area contributed by atoms with Crippen LogP contribution in [-0.2, 0) is 13.1 Å². The number of nitrogens with zero attached hydrogens (tertiary/aromatic N) is 3. The quantitative estimate of drug-likeness (QED) is 0.503. The molecule has 2 aromatic carbocycles. The van der Waals surface area contributed by atoms with Gasteiger partial charge in [0.15, 0.2) is 0 Å². The van der Waals surface area contributed by atoms with Gasteiger partial charge in [-0.15, -0.1) is 6.42 Å². The lowest BCUT2D eigenvalue weighted by Gasteiger charge is -2.10. The number of fused-ring (bicyclic) bond motifs is 1. The number of terminal acetylenes is 1. The van der Waals surface area contributed by atoms with Crippen molar-refractivity contribution in [2.24, 2.45) is 0 Å². The Hall–Kier alpha value is -4.25. The molecule has 0 aliphatic heterocycles. The summed E-state index contributed by atoms with van der Waals surface area (Å²) in [5.41, 5.74) is 1.69. The largest absolute Gasteiger partial charge is 0.345 e. The summed E-state index contributed by atoms with van der Waals surface area (Å²) in [6.07, 6.45) is 5.33. The number of halogens is 1. The fraction of sp³-hybridized carbons (Fsp3) is 0.0909. The van der Waals surface area contributed by atoms with Gasteiger partial charge in [0.25, 0.3) is 11.5 Å². The molecule has 0 unspecified atom stereocenters. The lowest BCUT2D eigenvalue weighted by molar-refractivity contribution is 0.0945. The fourth-order valence-electron chi connectivity index (χ4n) is 3.10. The van der Waals surface area contributed by atoms with E-state index in [1.165, 1.54) is 16.8 Å². The van der Waals surface area contributed by atoms with Gasteiger partial charge in [-0.05, 0) is 36.4 Å². The highest BCUT2D eigenvalue weighted by Crippen LogP contribution is 2.18. The number of rotatable bonds is 5. The van der Waals surface area contributed by atoms with Crippen molar-refractivity contribution in [1.29, 1.82) is 0 Å². The van der Waals surface area contributed by atoms with E-state index in [0.717, 1.165) is 0 Å². The summed E-state index contributed by atoms with van der Waals surface area (Å²) in [5, 5.41) is 15.0. The van der Waals surface area contributed by atoms with Crippen molar-refractivity contribution in [2.75, 3.05) is 0 Å². The second-order valence-electron chi connectivity index (χ2n) is 6.52. The molecule has 0 aliphatic rings. The van der Waals surface area contributed by atoms with E-state index in [1.807, 2.05) is 0 Å². The zero-order chi connectivity index (χ0) is 21.1. The van der Waals surface area contributed by atoms with Crippen molar-refractivity contribution in [3.63, 3.8) is 0 Å². The van der Waals surface area contributed by atoms with Gasteiger partial charge in [-0.1, -0.05) is 24.1 Å². The van der Waals surface area contributed by atoms with Gasteiger partial charge >= 0.3 is 0 Å². The molecule has 30 heavy (non-hydrogen) atoms. The third kappa shape index (κ3) is 3.69. The molecule has 4 aromatic rings. The minimum Gasteiger partial charge on any atom is -0.345 e. The maximum absolute atomic E-state index is 13.1. The molecule has 0 saturated heterocycles. The van der Waals surface area contributed by atoms with Gasteiger partial charge in [0.1, 0.15) is 18.1 Å². The van der Waals surface area contributed by atoms with Gasteiger partial charge in [0, 0.05) is 10.9 Å². The third-order valence-corrected chi connectivity index (χ3v) is 4.56. The minimum absolute atomic E-state index is 0.0339. The molecule has 0 fully saturated rings. The Labute approximate surface area is 170 Å². The highest BCUT2D eigenvalue weighted by atomic mass is 19.1. The molecule has 0 radical (unpaired) electrons. The summed E-state index contributed by atoms with van der Waals surface area (Å²) < 4.78 is 14.3. The Morgan fingerprint density at radius 1 is 1.17 bits per heavy atom. The van der Waals surface area contributed by atoms with Gasteiger partial charge in [0.05, 0.1) is 23.3 Å². The molecule has 0 aliphatic carbocycles. The molecule has 0 saturated carbocycles. The van der Waals surface area contributed by atoms with E-state index in [0.29, 0.717) is 27.7 Å². The van der Waals surface area contributed by atoms with E-state index in [4.69, 9.17) is 6.42 Å². The number of carbonyl (C=O) groups excluding carboxylic acids is 1. The highest BCUT2D eigenvalue weighted by molar-refractivity contribution is 5.93. The van der Waals surface area contributed by atoms with Crippen molar-refractivity contribution in [2.45, 2.75) is 13.1 Å². The van der Waals surface area contributed by atoms with Crippen LogP contribution in [0.5, 0.6) is 0 Å². The van der Waals surface area contributed by atoms with Crippen LogP contribution in [0.4, 0.5) is 4.39 Å². The SMILES string of the molecule is C#CCn1nc(CNC(=O)c2cc(-c3ccc(F)cc3)n[nH]2)c2ccccc2c1=O. The molecule has 8 heteroatoms. The summed E-state index contributed by atoms with van der Waals surface area (Å²) in [4.78, 5) is 25.0. The third-order valence-electron chi connectivity index (χ3n) is 4.56. The number of aromatic amines is 1. The highest BCUT2D eigenvalue weighted by Gasteiger charge is 2.14. The average molecular weight is 401 g/mol. The number of H-pyrrole nitrogens is 1. The van der Waals surface area contributed by atoms with Crippen LogP contribution >= 0.6 is 0 Å². The van der Waals surface area contributed by atoms with Crippen LogP contribution in [-0.4, -0.2) is 25.9 Å². The Kier molecular flexibility index (Phi) is 5.09. The van der Waals surface area contributed by atoms with Gasteiger partial charge < -0.3 is 5.32 Å². The molecule has 0 bridgehead atoms. The molecule has 1 amide bonds. The standard InChI is InChI=1S/C22H16FN5O2/c1-2-11-28-22(30)17-6-4-3-5-16(17)20(27-28)13-24-21(29)19-12-18(25-26-19)14-7-9-15(23)10-8-14/h1,3-10,12H,11,13H2,(H,24,29)(H,25,26). The number of aromatic nitrogens is 4. The van der Waals surface area contributed by atoms with Crippen molar-refractivity contribution in [3.8, 4) is 23.6 Å². The zero-order valence-electron chi connectivity index (χ0n) is 15.7. The van der Waals surface area contributed by atoms with Gasteiger partial charge in [-0.3, -0.25) is 14.7 Å². The molecule has 2 heterocycles. The first-order valence-corrected chi connectivity index (χ1v) is 9.08. The van der Waals surface area contributed by atoms with E-state index in [-0.39, 0.29) is 30.2 Å². The molecule has 2 aromatic heterocycles. The maximum Gasteiger partial charge on any atom is 0.275 e. The van der Waals surface area contributed by atoms with E-state index in [1.54, 1.807) is 42.5 Å². The molecule has 0 spiro atoms. The molecule has 0 atom stereocenters. The van der Waals surface area contributed by atoms with E-state index < -0.39 is 5.91 Å². The summed E-state index contributed by atoms with van der Waals surface area (Å²) >= 11 is 0. The Morgan fingerprint density at radius 3 is 2.63 bits per heavy atom. The smallest absolute Gasteiger partial charge is 0.275 e. The van der Waals surface area contributed by atoms with Crippen molar-refractivity contribution in [1.82, 2.24) is 25.3 Å². The van der Waals surface area contributed by atoms with Crippen LogP contribution in [0.2, 0.25) is 0 Å². The normalized spacial score (nSPS) is 10.7. The number of carbonyl (C=O) groups is 1. The van der Waals surface area contributed by atoms with Crippen LogP contribution in [0, 0.1) is 18.2 Å².